The molecule has 0 aliphatic carbocycles. The van der Waals surface area contributed by atoms with Crippen molar-refractivity contribution < 1.29 is 14.6 Å². The number of rotatable bonds is 3. The van der Waals surface area contributed by atoms with Crippen LogP contribution in [0.2, 0.25) is 0 Å². The first-order valence-corrected chi connectivity index (χ1v) is 7.71. The number of nitrogens with zero attached hydrogens (tertiary/aromatic N) is 1. The SMILES string of the molecule is COc1c(C)cc(-c2cc(C(=O)O)c3cccc(C)c3n2)cc1C. The molecule has 1 N–H and O–H groups in total. The van der Waals surface area contributed by atoms with E-state index in [1.807, 2.05) is 45.0 Å². The van der Waals surface area contributed by atoms with Crippen LogP contribution in [0, 0.1) is 20.8 Å². The Labute approximate surface area is 140 Å². The molecule has 0 atom stereocenters. The van der Waals surface area contributed by atoms with Crippen LogP contribution < -0.4 is 4.74 Å². The van der Waals surface area contributed by atoms with Crippen molar-refractivity contribution in [3.05, 3.63) is 58.7 Å². The van der Waals surface area contributed by atoms with Crippen molar-refractivity contribution in [2.75, 3.05) is 7.11 Å². The molecular weight excluding hydrogens is 302 g/mol. The van der Waals surface area contributed by atoms with Crippen LogP contribution in [0.4, 0.5) is 0 Å². The first-order valence-electron chi connectivity index (χ1n) is 7.71. The molecule has 0 aliphatic heterocycles. The number of pyridine rings is 1. The Morgan fingerprint density at radius 1 is 1.04 bits per heavy atom. The van der Waals surface area contributed by atoms with E-state index in [1.165, 1.54) is 0 Å². The van der Waals surface area contributed by atoms with Crippen molar-refractivity contribution in [3.8, 4) is 17.0 Å². The smallest absolute Gasteiger partial charge is 0.336 e. The molecule has 0 saturated carbocycles. The first-order chi connectivity index (χ1) is 11.4. The van der Waals surface area contributed by atoms with Crippen molar-refractivity contribution in [3.63, 3.8) is 0 Å². The molecule has 3 rings (SSSR count). The van der Waals surface area contributed by atoms with Gasteiger partial charge in [0.2, 0.25) is 0 Å². The van der Waals surface area contributed by atoms with Crippen molar-refractivity contribution in [2.45, 2.75) is 20.8 Å². The van der Waals surface area contributed by atoms with Gasteiger partial charge in [-0.25, -0.2) is 9.78 Å². The number of aromatic nitrogens is 1. The molecule has 4 nitrogen and oxygen atoms in total. The highest BCUT2D eigenvalue weighted by Gasteiger charge is 2.15. The highest BCUT2D eigenvalue weighted by Crippen LogP contribution is 2.31. The predicted molar refractivity (Wildman–Crippen MR) is 94.9 cm³/mol. The molecule has 0 fully saturated rings. The Balaban J connectivity index is 2.31. The number of aromatic carboxylic acids is 1. The lowest BCUT2D eigenvalue weighted by Gasteiger charge is -2.13. The molecule has 0 spiro atoms. The fraction of sp³-hybridized carbons (Fsp3) is 0.200. The minimum Gasteiger partial charge on any atom is -0.496 e. The summed E-state index contributed by atoms with van der Waals surface area (Å²) in [4.78, 5) is 16.4. The van der Waals surface area contributed by atoms with Crippen LogP contribution in [0.5, 0.6) is 5.75 Å². The summed E-state index contributed by atoms with van der Waals surface area (Å²) in [7, 11) is 1.65. The van der Waals surface area contributed by atoms with Crippen LogP contribution in [-0.4, -0.2) is 23.2 Å². The van der Waals surface area contributed by atoms with Crippen LogP contribution >= 0.6 is 0 Å². The Morgan fingerprint density at radius 2 is 1.71 bits per heavy atom. The van der Waals surface area contributed by atoms with E-state index in [2.05, 4.69) is 0 Å². The maximum atomic E-state index is 11.7. The van der Waals surface area contributed by atoms with Crippen LogP contribution in [0.1, 0.15) is 27.0 Å². The topological polar surface area (TPSA) is 59.4 Å². The summed E-state index contributed by atoms with van der Waals surface area (Å²) in [6.07, 6.45) is 0. The number of hydrogen-bond acceptors (Lipinski definition) is 3. The Bertz CT molecular complexity index is 937. The number of methoxy groups -OCH3 is 1. The molecular formula is C20H19NO3. The number of fused-ring (bicyclic) bond motifs is 1. The Morgan fingerprint density at radius 3 is 2.29 bits per heavy atom. The third-order valence-corrected chi connectivity index (χ3v) is 4.23. The average molecular weight is 321 g/mol. The summed E-state index contributed by atoms with van der Waals surface area (Å²) in [6, 6.07) is 11.2. The quantitative estimate of drug-likeness (QED) is 0.769. The number of carboxylic acids is 1. The summed E-state index contributed by atoms with van der Waals surface area (Å²) in [5.74, 6) is -0.106. The molecule has 0 bridgehead atoms. The summed E-state index contributed by atoms with van der Waals surface area (Å²) >= 11 is 0. The van der Waals surface area contributed by atoms with Crippen LogP contribution in [0.25, 0.3) is 22.2 Å². The monoisotopic (exact) mass is 321 g/mol. The number of benzene rings is 2. The highest BCUT2D eigenvalue weighted by molar-refractivity contribution is 6.04. The van der Waals surface area contributed by atoms with E-state index in [9.17, 15) is 9.90 Å². The number of carboxylic acid groups (broad SMARTS) is 1. The van der Waals surface area contributed by atoms with Crippen molar-refractivity contribution >= 4 is 16.9 Å². The van der Waals surface area contributed by atoms with Gasteiger partial charge in [-0.15, -0.1) is 0 Å². The molecule has 122 valence electrons. The molecule has 0 aliphatic rings. The van der Waals surface area contributed by atoms with Gasteiger partial charge in [-0.3, -0.25) is 0 Å². The van der Waals surface area contributed by atoms with Gasteiger partial charge in [0.25, 0.3) is 0 Å². The third-order valence-electron chi connectivity index (χ3n) is 4.23. The second-order valence-corrected chi connectivity index (χ2v) is 5.97. The second-order valence-electron chi connectivity index (χ2n) is 5.97. The molecule has 0 radical (unpaired) electrons. The van der Waals surface area contributed by atoms with E-state index in [0.717, 1.165) is 33.5 Å². The van der Waals surface area contributed by atoms with Gasteiger partial charge in [0.05, 0.1) is 23.9 Å². The molecule has 0 unspecified atom stereocenters. The van der Waals surface area contributed by atoms with Gasteiger partial charge < -0.3 is 9.84 Å². The minimum absolute atomic E-state index is 0.268. The maximum absolute atomic E-state index is 11.7. The van der Waals surface area contributed by atoms with Crippen LogP contribution in [0.15, 0.2) is 36.4 Å². The van der Waals surface area contributed by atoms with Gasteiger partial charge in [-0.2, -0.15) is 0 Å². The van der Waals surface area contributed by atoms with Gasteiger partial charge in [0, 0.05) is 10.9 Å². The van der Waals surface area contributed by atoms with Gasteiger partial charge >= 0.3 is 5.97 Å². The average Bonchev–Trinajstić information content (AvgIpc) is 2.54. The van der Waals surface area contributed by atoms with Gasteiger partial charge in [-0.05, 0) is 55.7 Å². The molecule has 1 aromatic heterocycles. The fourth-order valence-corrected chi connectivity index (χ4v) is 3.14. The largest absolute Gasteiger partial charge is 0.496 e. The molecule has 24 heavy (non-hydrogen) atoms. The number of carbonyl (C=O) groups is 1. The summed E-state index contributed by atoms with van der Waals surface area (Å²) in [5.41, 5.74) is 5.48. The third kappa shape index (κ3) is 2.60. The lowest BCUT2D eigenvalue weighted by molar-refractivity contribution is 0.0699. The van der Waals surface area contributed by atoms with Gasteiger partial charge in [0.15, 0.2) is 0 Å². The second kappa shape index (κ2) is 5.96. The molecule has 4 heteroatoms. The normalized spacial score (nSPS) is 10.8. The molecule has 2 aromatic carbocycles. The molecule has 0 saturated heterocycles. The van der Waals surface area contributed by atoms with Crippen molar-refractivity contribution in [1.29, 1.82) is 0 Å². The zero-order valence-corrected chi connectivity index (χ0v) is 14.2. The fourth-order valence-electron chi connectivity index (χ4n) is 3.14. The minimum atomic E-state index is -0.948. The van der Waals surface area contributed by atoms with Gasteiger partial charge in [0.1, 0.15) is 5.75 Å². The highest BCUT2D eigenvalue weighted by atomic mass is 16.5. The predicted octanol–water partition coefficient (Wildman–Crippen LogP) is 4.53. The summed E-state index contributed by atoms with van der Waals surface area (Å²) in [6.45, 7) is 5.88. The van der Waals surface area contributed by atoms with E-state index < -0.39 is 5.97 Å². The molecule has 1 heterocycles. The zero-order chi connectivity index (χ0) is 17.4. The number of ether oxygens (including phenoxy) is 1. The van der Waals surface area contributed by atoms with Gasteiger partial charge in [-0.1, -0.05) is 18.2 Å². The van der Waals surface area contributed by atoms with Crippen LogP contribution in [0.3, 0.4) is 0 Å². The number of hydrogen-bond donors (Lipinski definition) is 1. The van der Waals surface area contributed by atoms with Crippen molar-refractivity contribution in [1.82, 2.24) is 4.98 Å². The summed E-state index contributed by atoms with van der Waals surface area (Å²) < 4.78 is 5.40. The van der Waals surface area contributed by atoms with E-state index in [0.29, 0.717) is 11.1 Å². The first kappa shape index (κ1) is 16.0. The lowest BCUT2D eigenvalue weighted by Crippen LogP contribution is -2.01. The van der Waals surface area contributed by atoms with E-state index >= 15 is 0 Å². The van der Waals surface area contributed by atoms with E-state index in [-0.39, 0.29) is 5.56 Å². The van der Waals surface area contributed by atoms with E-state index in [4.69, 9.17) is 9.72 Å². The standard InChI is InChI=1S/C20H19NO3/c1-11-6-5-7-15-16(20(22)23)10-17(21-18(11)15)14-8-12(2)19(24-4)13(3)9-14/h5-10H,1-4H3,(H,22,23). The summed E-state index contributed by atoms with van der Waals surface area (Å²) in [5, 5.41) is 10.2. The van der Waals surface area contributed by atoms with Crippen molar-refractivity contribution in [2.24, 2.45) is 0 Å². The Hall–Kier alpha value is -2.88. The van der Waals surface area contributed by atoms with E-state index in [1.54, 1.807) is 19.2 Å². The maximum Gasteiger partial charge on any atom is 0.336 e. The molecule has 0 amide bonds. The number of para-hydroxylation sites is 1. The number of aryl methyl sites for hydroxylation is 3. The zero-order valence-electron chi connectivity index (χ0n) is 14.2. The molecule has 3 aromatic rings. The van der Waals surface area contributed by atoms with Crippen LogP contribution in [-0.2, 0) is 0 Å². The Kier molecular flexibility index (Phi) is 3.97. The lowest BCUT2D eigenvalue weighted by atomic mass is 9.99.